The quantitative estimate of drug-likeness (QED) is 0.0433. The molecule has 0 aliphatic heterocycles. The fraction of sp³-hybridized carbons (Fsp3) is 0.0462. The molecule has 12 rings (SSSR count). The van der Waals surface area contributed by atoms with E-state index < -0.39 is 35.1 Å². The summed E-state index contributed by atoms with van der Waals surface area (Å²) >= 11 is 5.95. The van der Waals surface area contributed by atoms with E-state index in [1.54, 1.807) is 110 Å². The van der Waals surface area contributed by atoms with Gasteiger partial charge in [-0.2, -0.15) is 0 Å². The number of H-pyrrole nitrogens is 1. The second-order valence-corrected chi connectivity index (χ2v) is 19.1. The molecule has 16 nitrogen and oxygen atoms in total. The number of halogens is 2. The molecule has 0 bridgehead atoms. The van der Waals surface area contributed by atoms with Gasteiger partial charge in [-0.25, -0.2) is 9.37 Å². The fourth-order valence-corrected chi connectivity index (χ4v) is 9.41. The van der Waals surface area contributed by atoms with Crippen molar-refractivity contribution in [3.8, 4) is 0 Å². The average Bonchev–Trinajstić information content (AvgIpc) is 4.40. The van der Waals surface area contributed by atoms with Gasteiger partial charge in [-0.3, -0.25) is 43.7 Å². The fourth-order valence-electron chi connectivity index (χ4n) is 9.24. The van der Waals surface area contributed by atoms with Gasteiger partial charge in [0.25, 0.3) is 35.1 Å². The molecule has 12 aromatic rings. The number of carbonyl (C=O) groups is 6. The van der Waals surface area contributed by atoms with Crippen LogP contribution in [0, 0.1) is 5.82 Å². The first-order valence-electron chi connectivity index (χ1n) is 25.9. The summed E-state index contributed by atoms with van der Waals surface area (Å²) in [7, 11) is 0. The van der Waals surface area contributed by atoms with Gasteiger partial charge in [0.15, 0.2) is 5.15 Å². The maximum atomic E-state index is 13.2. The van der Waals surface area contributed by atoms with E-state index in [-0.39, 0.29) is 22.2 Å². The van der Waals surface area contributed by atoms with Crippen molar-refractivity contribution in [3.05, 3.63) is 282 Å². The van der Waals surface area contributed by atoms with Gasteiger partial charge in [-0.1, -0.05) is 115 Å². The van der Waals surface area contributed by atoms with E-state index in [0.29, 0.717) is 47.4 Å². The highest BCUT2D eigenvalue weighted by Crippen LogP contribution is 2.28. The van der Waals surface area contributed by atoms with E-state index in [1.165, 1.54) is 18.3 Å². The summed E-state index contributed by atoms with van der Waals surface area (Å²) in [4.78, 5) is 95.2. The lowest BCUT2D eigenvalue weighted by Gasteiger charge is -2.06. The summed E-state index contributed by atoms with van der Waals surface area (Å²) < 4.78 is 17.0. The number of benzene rings is 5. The molecule has 0 atom stereocenters. The molecule has 0 spiro atoms. The maximum absolute atomic E-state index is 13.2. The number of Topliss-reactive ketones (excluding diaryl/α,β-unsaturated/α-hetero) is 3. The van der Waals surface area contributed by atoms with Crippen LogP contribution in [0.3, 0.4) is 0 Å². The summed E-state index contributed by atoms with van der Waals surface area (Å²) in [5.74, 6) is -4.27. The predicted octanol–water partition coefficient (Wildman–Crippen LogP) is 12.0. The highest BCUT2D eigenvalue weighted by molar-refractivity contribution is 6.50. The van der Waals surface area contributed by atoms with Crippen molar-refractivity contribution < 1.29 is 33.2 Å². The van der Waals surface area contributed by atoms with E-state index in [9.17, 15) is 33.2 Å². The number of carbonyl (C=O) groups excluding carboxylic acids is 6. The molecule has 83 heavy (non-hydrogen) atoms. The Hall–Kier alpha value is -11.0. The van der Waals surface area contributed by atoms with Gasteiger partial charge in [-0.15, -0.1) is 0 Å². The summed E-state index contributed by atoms with van der Waals surface area (Å²) in [5.41, 5.74) is 8.61. The van der Waals surface area contributed by atoms with Crippen LogP contribution in [-0.2, 0) is 33.9 Å². The summed E-state index contributed by atoms with van der Waals surface area (Å²) in [6, 6.07) is 51.9. The number of ketones is 3. The van der Waals surface area contributed by atoms with Crippen molar-refractivity contribution in [2.75, 3.05) is 16.0 Å². The van der Waals surface area contributed by atoms with Gasteiger partial charge in [0.2, 0.25) is 0 Å². The van der Waals surface area contributed by atoms with Gasteiger partial charge < -0.3 is 30.1 Å². The van der Waals surface area contributed by atoms with Crippen LogP contribution in [-0.4, -0.2) is 69.1 Å². The highest BCUT2D eigenvalue weighted by atomic mass is 35.5. The zero-order valence-corrected chi connectivity index (χ0v) is 44.7. The number of hydrogen-bond acceptors (Lipinski definition) is 10. The Labute approximate surface area is 478 Å². The number of rotatable bonds is 15. The molecular formula is C65H48ClFN10O6. The molecule has 18 heteroatoms. The molecule has 408 valence electrons. The molecule has 0 radical (unpaired) electrons. The number of anilines is 3. The Bertz CT molecular complexity index is 4300. The molecule has 3 amide bonds. The lowest BCUT2D eigenvalue weighted by Crippen LogP contribution is -2.23. The van der Waals surface area contributed by atoms with Crippen molar-refractivity contribution in [1.82, 2.24) is 34.1 Å². The molecule has 7 aromatic heterocycles. The summed E-state index contributed by atoms with van der Waals surface area (Å²) in [5, 5.41) is 10.0. The Morgan fingerprint density at radius 1 is 0.470 bits per heavy atom. The number of amides is 3. The van der Waals surface area contributed by atoms with Crippen molar-refractivity contribution in [2.24, 2.45) is 0 Å². The normalized spacial score (nSPS) is 10.7. The van der Waals surface area contributed by atoms with Crippen LogP contribution in [0.1, 0.15) is 53.5 Å². The van der Waals surface area contributed by atoms with E-state index in [4.69, 9.17) is 11.6 Å². The van der Waals surface area contributed by atoms with Crippen LogP contribution in [0.5, 0.6) is 0 Å². The molecule has 0 unspecified atom stereocenters. The number of aromatic amines is 1. The van der Waals surface area contributed by atoms with Crippen molar-refractivity contribution >= 4 is 96.4 Å². The zero-order chi connectivity index (χ0) is 57.7. The lowest BCUT2D eigenvalue weighted by molar-refractivity contribution is -0.113. The van der Waals surface area contributed by atoms with Crippen LogP contribution in [0.2, 0.25) is 5.15 Å². The van der Waals surface area contributed by atoms with Gasteiger partial charge in [0.1, 0.15) is 5.82 Å². The van der Waals surface area contributed by atoms with E-state index in [0.717, 1.165) is 49.7 Å². The molecule has 0 aliphatic carbocycles. The second-order valence-electron chi connectivity index (χ2n) is 18.7. The first kappa shape index (κ1) is 55.3. The Kier molecular flexibility index (Phi) is 17.2. The molecule has 0 fully saturated rings. The molecule has 0 saturated heterocycles. The van der Waals surface area contributed by atoms with Crippen LogP contribution in [0.15, 0.2) is 232 Å². The summed E-state index contributed by atoms with van der Waals surface area (Å²) in [6.07, 6.45) is 15.1. The largest absolute Gasteiger partial charge is 0.357 e. The number of fused-ring (bicyclic) bond motifs is 3. The van der Waals surface area contributed by atoms with Gasteiger partial charge in [0.05, 0.1) is 22.4 Å². The Morgan fingerprint density at radius 2 is 0.976 bits per heavy atom. The monoisotopic (exact) mass is 1120 g/mol. The van der Waals surface area contributed by atoms with E-state index in [1.807, 2.05) is 112 Å². The van der Waals surface area contributed by atoms with Crippen LogP contribution in [0.25, 0.3) is 32.7 Å². The average molecular weight is 1120 g/mol. The highest BCUT2D eigenvalue weighted by Gasteiger charge is 2.26. The number of para-hydroxylation sites is 3. The SMILES string of the molecule is O=C(Nc1cccnc1Cl)C(=O)c1cn(Cc2ccc(F)cc2)c2ccccc12.O=C(Nc1ccncc1)C(=O)c1c(Cc2ccccc2)[nH]c2ccccc12.O=C(Nc1ccncc1)C(=O)c1cn(Cc2cccnc2)c2ccccc12. The molecule has 0 aliphatic rings. The third-order valence-corrected chi connectivity index (χ3v) is 13.4. The Morgan fingerprint density at radius 3 is 1.55 bits per heavy atom. The molecular weight excluding hydrogens is 1070 g/mol. The maximum Gasteiger partial charge on any atom is 0.296 e. The minimum atomic E-state index is -0.801. The van der Waals surface area contributed by atoms with Gasteiger partial charge in [0, 0.05) is 125 Å². The summed E-state index contributed by atoms with van der Waals surface area (Å²) in [6.45, 7) is 0.998. The third kappa shape index (κ3) is 13.4. The van der Waals surface area contributed by atoms with Crippen LogP contribution < -0.4 is 16.0 Å². The van der Waals surface area contributed by atoms with Crippen molar-refractivity contribution in [1.29, 1.82) is 0 Å². The van der Waals surface area contributed by atoms with E-state index in [2.05, 4.69) is 40.9 Å². The van der Waals surface area contributed by atoms with Crippen LogP contribution in [0.4, 0.5) is 21.5 Å². The Balaban J connectivity index is 0.000000139. The zero-order valence-electron chi connectivity index (χ0n) is 43.9. The molecule has 0 saturated carbocycles. The number of pyridine rings is 4. The first-order chi connectivity index (χ1) is 40.5. The van der Waals surface area contributed by atoms with Gasteiger partial charge in [-0.05, 0) is 89.5 Å². The third-order valence-electron chi connectivity index (χ3n) is 13.1. The number of hydrogen-bond donors (Lipinski definition) is 4. The van der Waals surface area contributed by atoms with Crippen molar-refractivity contribution in [3.63, 3.8) is 0 Å². The number of aromatic nitrogens is 7. The topological polar surface area (TPSA) is 216 Å². The smallest absolute Gasteiger partial charge is 0.296 e. The minimum absolute atomic E-state index is 0.104. The van der Waals surface area contributed by atoms with E-state index >= 15 is 0 Å². The minimum Gasteiger partial charge on any atom is -0.357 e. The number of nitrogens with zero attached hydrogens (tertiary/aromatic N) is 6. The molecule has 7 heterocycles. The second kappa shape index (κ2) is 25.8. The standard InChI is InChI=1S/C22H15ClFN3O2.C22H17N3O2.C21H16N4O2/c23-21-18(5-3-11-25-21)26-22(29)20(28)17-13-27(19-6-2-1-4-16(17)19)12-14-7-9-15(24)10-8-14;26-21(22(27)24-16-10-12-23-13-11-16)20-17-8-4-5-9-18(17)25-19(20)14-15-6-2-1-3-7-15;26-20(21(27)24-16-7-10-22-11-8-16)18-14-25(13-15-4-3-9-23-12-15)19-6-2-1-5-17(18)19/h1-11,13H,12H2,(H,26,29);1-13,25H,14H2,(H,23,24,27);1-12,14H,13H2,(H,22,24,27). The van der Waals surface area contributed by atoms with Crippen molar-refractivity contribution in [2.45, 2.75) is 19.5 Å². The molecule has 4 N–H and O–H groups in total. The predicted molar refractivity (Wildman–Crippen MR) is 317 cm³/mol. The molecule has 5 aromatic carbocycles. The lowest BCUT2D eigenvalue weighted by atomic mass is 10.0. The first-order valence-corrected chi connectivity index (χ1v) is 26.3. The van der Waals surface area contributed by atoms with Crippen LogP contribution >= 0.6 is 11.6 Å². The number of nitrogens with one attached hydrogen (secondary N) is 4. The van der Waals surface area contributed by atoms with Gasteiger partial charge >= 0.3 is 0 Å².